The number of aliphatic hydroxyl groups excluding tert-OH is 5. The minimum Gasteiger partial charge on any atom is -0.394 e. The van der Waals surface area contributed by atoms with Gasteiger partial charge in [0, 0.05) is 0 Å². The molecule has 0 aromatic rings. The SMILES string of the molecule is CCCC(O)CO.OCC(O)CO. The largest absolute Gasteiger partial charge is 0.394 e. The van der Waals surface area contributed by atoms with Crippen molar-refractivity contribution >= 4 is 0 Å². The Labute approximate surface area is 78.3 Å². The van der Waals surface area contributed by atoms with Gasteiger partial charge in [0.25, 0.3) is 0 Å². The molecule has 0 aliphatic heterocycles. The van der Waals surface area contributed by atoms with Gasteiger partial charge in [0.15, 0.2) is 0 Å². The molecule has 1 atom stereocenters. The smallest absolute Gasteiger partial charge is 0.100 e. The van der Waals surface area contributed by atoms with Crippen LogP contribution in [0.3, 0.4) is 0 Å². The monoisotopic (exact) mass is 196 g/mol. The van der Waals surface area contributed by atoms with E-state index in [2.05, 4.69) is 0 Å². The molecule has 0 heterocycles. The number of hydrogen-bond donors (Lipinski definition) is 5. The fourth-order valence-electron chi connectivity index (χ4n) is 0.482. The Hall–Kier alpha value is -0.200. The Bertz CT molecular complexity index is 84.6. The zero-order chi connectivity index (χ0) is 10.7. The van der Waals surface area contributed by atoms with Crippen LogP contribution in [-0.2, 0) is 0 Å². The number of rotatable bonds is 5. The van der Waals surface area contributed by atoms with Crippen molar-refractivity contribution in [1.82, 2.24) is 0 Å². The fraction of sp³-hybridized carbons (Fsp3) is 1.00. The minimum atomic E-state index is -0.954. The van der Waals surface area contributed by atoms with Crippen molar-refractivity contribution in [3.05, 3.63) is 0 Å². The molecular formula is C8H20O5. The van der Waals surface area contributed by atoms with Crippen LogP contribution in [0, 0.1) is 0 Å². The van der Waals surface area contributed by atoms with Crippen LogP contribution in [0.15, 0.2) is 0 Å². The van der Waals surface area contributed by atoms with Gasteiger partial charge in [-0.15, -0.1) is 0 Å². The molecule has 0 saturated heterocycles. The summed E-state index contributed by atoms with van der Waals surface area (Å²) in [4.78, 5) is 0. The van der Waals surface area contributed by atoms with Crippen LogP contribution in [-0.4, -0.2) is 57.6 Å². The summed E-state index contributed by atoms with van der Waals surface area (Å²) in [5, 5.41) is 40.8. The van der Waals surface area contributed by atoms with Crippen molar-refractivity contribution in [3.8, 4) is 0 Å². The van der Waals surface area contributed by atoms with Crippen molar-refractivity contribution in [2.75, 3.05) is 19.8 Å². The molecule has 0 aliphatic carbocycles. The molecule has 0 spiro atoms. The van der Waals surface area contributed by atoms with Crippen LogP contribution in [0.4, 0.5) is 0 Å². The lowest BCUT2D eigenvalue weighted by molar-refractivity contribution is 0.0450. The third-order valence-electron chi connectivity index (χ3n) is 1.25. The highest BCUT2D eigenvalue weighted by atomic mass is 16.3. The van der Waals surface area contributed by atoms with Crippen molar-refractivity contribution in [1.29, 1.82) is 0 Å². The van der Waals surface area contributed by atoms with Crippen molar-refractivity contribution < 1.29 is 25.5 Å². The standard InChI is InChI=1S/C5H12O2.C3H8O3/c1-2-3-5(7)4-6;4-1-3(6)2-5/h5-7H,2-4H2,1H3;3-6H,1-2H2. The zero-order valence-electron chi connectivity index (χ0n) is 7.93. The predicted molar refractivity (Wildman–Crippen MR) is 48.2 cm³/mol. The molecule has 0 radical (unpaired) electrons. The van der Waals surface area contributed by atoms with Gasteiger partial charge < -0.3 is 25.5 Å². The van der Waals surface area contributed by atoms with Gasteiger partial charge in [-0.05, 0) is 6.42 Å². The summed E-state index contributed by atoms with van der Waals surface area (Å²) < 4.78 is 0. The maximum absolute atomic E-state index is 8.61. The van der Waals surface area contributed by atoms with E-state index in [4.69, 9.17) is 25.5 Å². The first-order valence-corrected chi connectivity index (χ1v) is 4.31. The highest BCUT2D eigenvalue weighted by Gasteiger charge is 1.96. The van der Waals surface area contributed by atoms with Gasteiger partial charge >= 0.3 is 0 Å². The highest BCUT2D eigenvalue weighted by Crippen LogP contribution is 1.92. The van der Waals surface area contributed by atoms with Gasteiger partial charge in [-0.2, -0.15) is 0 Å². The summed E-state index contributed by atoms with van der Waals surface area (Å²) in [5.74, 6) is 0. The lowest BCUT2D eigenvalue weighted by Crippen LogP contribution is -2.15. The Morgan fingerprint density at radius 1 is 0.846 bits per heavy atom. The van der Waals surface area contributed by atoms with Crippen LogP contribution >= 0.6 is 0 Å². The maximum atomic E-state index is 8.61. The normalized spacial score (nSPS) is 12.2. The van der Waals surface area contributed by atoms with E-state index < -0.39 is 12.2 Å². The summed E-state index contributed by atoms with van der Waals surface area (Å²) >= 11 is 0. The van der Waals surface area contributed by atoms with Gasteiger partial charge in [0.05, 0.1) is 25.9 Å². The molecule has 5 nitrogen and oxygen atoms in total. The molecule has 0 aliphatic rings. The highest BCUT2D eigenvalue weighted by molar-refractivity contribution is 4.48. The van der Waals surface area contributed by atoms with Crippen LogP contribution in [0.5, 0.6) is 0 Å². The summed E-state index contributed by atoms with van der Waals surface area (Å²) in [7, 11) is 0. The van der Waals surface area contributed by atoms with Gasteiger partial charge in [0.2, 0.25) is 0 Å². The molecule has 0 aromatic heterocycles. The molecular weight excluding hydrogens is 176 g/mol. The Balaban J connectivity index is 0. The molecule has 5 N–H and O–H groups in total. The van der Waals surface area contributed by atoms with E-state index in [0.717, 1.165) is 6.42 Å². The van der Waals surface area contributed by atoms with Crippen molar-refractivity contribution in [2.45, 2.75) is 32.0 Å². The average Bonchev–Trinajstić information content (AvgIpc) is 2.18. The van der Waals surface area contributed by atoms with Crippen LogP contribution in [0.1, 0.15) is 19.8 Å². The third-order valence-corrected chi connectivity index (χ3v) is 1.25. The molecule has 0 saturated carbocycles. The Morgan fingerprint density at radius 3 is 1.31 bits per heavy atom. The first-order valence-electron chi connectivity index (χ1n) is 4.31. The maximum Gasteiger partial charge on any atom is 0.100 e. The van der Waals surface area contributed by atoms with E-state index in [1.807, 2.05) is 6.92 Å². The summed E-state index contributed by atoms with van der Waals surface area (Å²) in [5.41, 5.74) is 0. The Kier molecular flexibility index (Phi) is 13.9. The second kappa shape index (κ2) is 11.8. The number of aliphatic hydroxyl groups is 5. The topological polar surface area (TPSA) is 101 Å². The minimum absolute atomic E-state index is 0.103. The molecule has 0 amide bonds. The van der Waals surface area contributed by atoms with E-state index in [1.54, 1.807) is 0 Å². The Morgan fingerprint density at radius 2 is 1.23 bits per heavy atom. The average molecular weight is 196 g/mol. The predicted octanol–water partition coefficient (Wildman–Crippen LogP) is -1.53. The fourth-order valence-corrected chi connectivity index (χ4v) is 0.482. The molecule has 5 heteroatoms. The van der Waals surface area contributed by atoms with Gasteiger partial charge in [-0.1, -0.05) is 13.3 Å². The van der Waals surface area contributed by atoms with Crippen LogP contribution in [0.2, 0.25) is 0 Å². The molecule has 0 fully saturated rings. The van der Waals surface area contributed by atoms with Gasteiger partial charge in [-0.3, -0.25) is 0 Å². The lowest BCUT2D eigenvalue weighted by Gasteiger charge is -2.01. The second-order valence-corrected chi connectivity index (χ2v) is 2.64. The summed E-state index contributed by atoms with van der Waals surface area (Å²) in [6.45, 7) is 1.14. The molecule has 13 heavy (non-hydrogen) atoms. The number of hydrogen-bond acceptors (Lipinski definition) is 5. The molecule has 0 rings (SSSR count). The third kappa shape index (κ3) is 14.6. The van der Waals surface area contributed by atoms with Gasteiger partial charge in [0.1, 0.15) is 6.10 Å². The van der Waals surface area contributed by atoms with Crippen molar-refractivity contribution in [3.63, 3.8) is 0 Å². The van der Waals surface area contributed by atoms with E-state index >= 15 is 0 Å². The quantitative estimate of drug-likeness (QED) is 0.367. The van der Waals surface area contributed by atoms with Crippen LogP contribution < -0.4 is 0 Å². The molecule has 0 bridgehead atoms. The lowest BCUT2D eigenvalue weighted by atomic mass is 10.2. The molecule has 1 unspecified atom stereocenters. The van der Waals surface area contributed by atoms with E-state index in [9.17, 15) is 0 Å². The van der Waals surface area contributed by atoms with Crippen LogP contribution in [0.25, 0.3) is 0 Å². The van der Waals surface area contributed by atoms with E-state index in [0.29, 0.717) is 6.42 Å². The van der Waals surface area contributed by atoms with E-state index in [-0.39, 0.29) is 19.8 Å². The van der Waals surface area contributed by atoms with E-state index in [1.165, 1.54) is 0 Å². The first-order chi connectivity index (χ1) is 6.12. The second-order valence-electron chi connectivity index (χ2n) is 2.64. The first kappa shape index (κ1) is 15.3. The summed E-state index contributed by atoms with van der Waals surface area (Å²) in [6.07, 6.45) is 0.188. The summed E-state index contributed by atoms with van der Waals surface area (Å²) in [6, 6.07) is 0. The van der Waals surface area contributed by atoms with Crippen molar-refractivity contribution in [2.24, 2.45) is 0 Å². The zero-order valence-corrected chi connectivity index (χ0v) is 7.93. The van der Waals surface area contributed by atoms with Gasteiger partial charge in [-0.25, -0.2) is 0 Å². The molecule has 82 valence electrons. The molecule has 0 aromatic carbocycles.